The van der Waals surface area contributed by atoms with Crippen LogP contribution in [0.15, 0.2) is 24.3 Å². The van der Waals surface area contributed by atoms with Crippen LogP contribution in [0.25, 0.3) is 0 Å². The molecule has 0 saturated heterocycles. The Labute approximate surface area is 85.8 Å². The van der Waals surface area contributed by atoms with Crippen molar-refractivity contribution in [3.8, 4) is 0 Å². The average molecular weight is 190 g/mol. The van der Waals surface area contributed by atoms with E-state index in [1.54, 1.807) is 0 Å². The lowest BCUT2D eigenvalue weighted by molar-refractivity contribution is 0.119. The van der Waals surface area contributed by atoms with Crippen molar-refractivity contribution in [1.29, 1.82) is 0 Å². The van der Waals surface area contributed by atoms with Crippen molar-refractivity contribution in [2.45, 2.75) is 44.6 Å². The van der Waals surface area contributed by atoms with Gasteiger partial charge in [0, 0.05) is 0 Å². The monoisotopic (exact) mass is 190 g/mol. The van der Waals surface area contributed by atoms with E-state index < -0.39 is 0 Å². The minimum absolute atomic E-state index is 0.0740. The lowest BCUT2D eigenvalue weighted by atomic mass is 9.82. The normalized spacial score (nSPS) is 27.6. The van der Waals surface area contributed by atoms with Crippen molar-refractivity contribution in [2.24, 2.45) is 0 Å². The fourth-order valence-corrected chi connectivity index (χ4v) is 2.31. The van der Waals surface area contributed by atoms with Crippen molar-refractivity contribution >= 4 is 0 Å². The molecule has 2 atom stereocenters. The van der Waals surface area contributed by atoms with Crippen LogP contribution in [-0.4, -0.2) is 11.2 Å². The summed E-state index contributed by atoms with van der Waals surface area (Å²) in [6.07, 6.45) is 4.26. The van der Waals surface area contributed by atoms with E-state index in [0.29, 0.717) is 5.92 Å². The maximum atomic E-state index is 9.60. The maximum absolute atomic E-state index is 9.60. The molecule has 1 aliphatic carbocycles. The van der Waals surface area contributed by atoms with Gasteiger partial charge >= 0.3 is 0 Å². The highest BCUT2D eigenvalue weighted by molar-refractivity contribution is 5.24. The van der Waals surface area contributed by atoms with Crippen LogP contribution < -0.4 is 0 Å². The van der Waals surface area contributed by atoms with Crippen LogP contribution >= 0.6 is 0 Å². The first-order chi connectivity index (χ1) is 6.75. The van der Waals surface area contributed by atoms with Crippen LogP contribution in [0.1, 0.15) is 42.7 Å². The van der Waals surface area contributed by atoms with Crippen LogP contribution in [0.5, 0.6) is 0 Å². The van der Waals surface area contributed by atoms with Crippen LogP contribution in [0, 0.1) is 6.92 Å². The molecular weight excluding hydrogens is 172 g/mol. The predicted molar refractivity (Wildman–Crippen MR) is 58.4 cm³/mol. The fourth-order valence-electron chi connectivity index (χ4n) is 2.31. The Kier molecular flexibility index (Phi) is 2.87. The zero-order chi connectivity index (χ0) is 9.97. The minimum Gasteiger partial charge on any atom is -0.393 e. The van der Waals surface area contributed by atoms with E-state index in [1.165, 1.54) is 24.0 Å². The number of benzene rings is 1. The van der Waals surface area contributed by atoms with E-state index in [1.807, 2.05) is 0 Å². The van der Waals surface area contributed by atoms with Gasteiger partial charge in [-0.05, 0) is 37.7 Å². The molecule has 0 aliphatic heterocycles. The molecule has 0 amide bonds. The molecule has 0 heterocycles. The van der Waals surface area contributed by atoms with Gasteiger partial charge in [-0.2, -0.15) is 0 Å². The van der Waals surface area contributed by atoms with Crippen molar-refractivity contribution in [2.75, 3.05) is 0 Å². The van der Waals surface area contributed by atoms with Gasteiger partial charge in [-0.25, -0.2) is 0 Å². The fraction of sp³-hybridized carbons (Fsp3) is 0.538. The molecule has 0 radical (unpaired) electrons. The molecule has 1 aromatic rings. The summed E-state index contributed by atoms with van der Waals surface area (Å²) < 4.78 is 0. The number of aryl methyl sites for hydroxylation is 1. The van der Waals surface area contributed by atoms with Gasteiger partial charge in [0.2, 0.25) is 0 Å². The molecule has 1 aliphatic rings. The second kappa shape index (κ2) is 4.14. The largest absolute Gasteiger partial charge is 0.393 e. The summed E-state index contributed by atoms with van der Waals surface area (Å²) in [5, 5.41) is 9.60. The van der Waals surface area contributed by atoms with Crippen LogP contribution in [-0.2, 0) is 0 Å². The molecule has 1 aromatic carbocycles. The molecule has 0 spiro atoms. The molecule has 14 heavy (non-hydrogen) atoms. The third kappa shape index (κ3) is 2.16. The molecule has 1 heteroatoms. The molecule has 2 rings (SSSR count). The summed E-state index contributed by atoms with van der Waals surface area (Å²) in [5.74, 6) is 0.583. The Balaban J connectivity index is 2.10. The summed E-state index contributed by atoms with van der Waals surface area (Å²) in [7, 11) is 0. The Bertz CT molecular complexity index is 289. The summed E-state index contributed by atoms with van der Waals surface area (Å²) in [5.41, 5.74) is 2.71. The number of aliphatic hydroxyl groups is 1. The second-order valence-corrected chi connectivity index (χ2v) is 4.43. The number of rotatable bonds is 1. The van der Waals surface area contributed by atoms with Crippen LogP contribution in [0.3, 0.4) is 0 Å². The van der Waals surface area contributed by atoms with Gasteiger partial charge in [0.15, 0.2) is 0 Å². The summed E-state index contributed by atoms with van der Waals surface area (Å²) in [4.78, 5) is 0. The third-order valence-corrected chi connectivity index (χ3v) is 3.20. The van der Waals surface area contributed by atoms with Gasteiger partial charge in [-0.3, -0.25) is 0 Å². The molecule has 0 bridgehead atoms. The van der Waals surface area contributed by atoms with Gasteiger partial charge < -0.3 is 5.11 Å². The second-order valence-electron chi connectivity index (χ2n) is 4.43. The highest BCUT2D eigenvalue weighted by Gasteiger charge is 2.21. The van der Waals surface area contributed by atoms with Gasteiger partial charge in [-0.1, -0.05) is 36.2 Å². The first kappa shape index (κ1) is 9.72. The van der Waals surface area contributed by atoms with E-state index in [9.17, 15) is 5.11 Å². The molecule has 1 saturated carbocycles. The van der Waals surface area contributed by atoms with Crippen molar-refractivity contribution in [3.05, 3.63) is 35.4 Å². The SMILES string of the molecule is Cc1ccc([C@@H]2CCC[C@H](O)C2)cc1. The topological polar surface area (TPSA) is 20.2 Å². The Hall–Kier alpha value is -0.820. The van der Waals surface area contributed by atoms with Crippen LogP contribution in [0.2, 0.25) is 0 Å². The third-order valence-electron chi connectivity index (χ3n) is 3.20. The van der Waals surface area contributed by atoms with E-state index in [0.717, 1.165) is 12.8 Å². The van der Waals surface area contributed by atoms with Crippen molar-refractivity contribution in [3.63, 3.8) is 0 Å². The lowest BCUT2D eigenvalue weighted by Crippen LogP contribution is -2.18. The highest BCUT2D eigenvalue weighted by atomic mass is 16.3. The molecule has 76 valence electrons. The van der Waals surface area contributed by atoms with Crippen molar-refractivity contribution in [1.82, 2.24) is 0 Å². The Morgan fingerprint density at radius 3 is 2.50 bits per heavy atom. The van der Waals surface area contributed by atoms with E-state index in [2.05, 4.69) is 31.2 Å². The molecule has 1 nitrogen and oxygen atoms in total. The molecule has 1 N–H and O–H groups in total. The summed E-state index contributed by atoms with van der Waals surface area (Å²) in [6, 6.07) is 8.74. The quantitative estimate of drug-likeness (QED) is 0.721. The van der Waals surface area contributed by atoms with Gasteiger partial charge in [0.05, 0.1) is 6.10 Å². The predicted octanol–water partition coefficient (Wildman–Crippen LogP) is 3.01. The zero-order valence-corrected chi connectivity index (χ0v) is 8.74. The Morgan fingerprint density at radius 1 is 1.14 bits per heavy atom. The standard InChI is InChI=1S/C13H18O/c1-10-5-7-11(8-6-10)12-3-2-4-13(14)9-12/h5-8,12-14H,2-4,9H2,1H3/t12-,13+/m1/s1. The maximum Gasteiger partial charge on any atom is 0.0546 e. The first-order valence-electron chi connectivity index (χ1n) is 5.50. The highest BCUT2D eigenvalue weighted by Crippen LogP contribution is 2.32. The molecule has 1 fully saturated rings. The number of hydrogen-bond donors (Lipinski definition) is 1. The first-order valence-corrected chi connectivity index (χ1v) is 5.50. The molecule has 0 unspecified atom stereocenters. The van der Waals surface area contributed by atoms with Gasteiger partial charge in [0.25, 0.3) is 0 Å². The smallest absolute Gasteiger partial charge is 0.0546 e. The zero-order valence-electron chi connectivity index (χ0n) is 8.74. The van der Waals surface area contributed by atoms with E-state index in [-0.39, 0.29) is 6.10 Å². The average Bonchev–Trinajstić information content (AvgIpc) is 2.19. The van der Waals surface area contributed by atoms with Crippen molar-refractivity contribution < 1.29 is 5.11 Å². The number of aliphatic hydroxyl groups excluding tert-OH is 1. The molecule has 0 aromatic heterocycles. The van der Waals surface area contributed by atoms with Gasteiger partial charge in [-0.15, -0.1) is 0 Å². The van der Waals surface area contributed by atoms with E-state index in [4.69, 9.17) is 0 Å². The lowest BCUT2D eigenvalue weighted by Gasteiger charge is -2.26. The minimum atomic E-state index is -0.0740. The Morgan fingerprint density at radius 2 is 1.86 bits per heavy atom. The number of hydrogen-bond acceptors (Lipinski definition) is 1. The van der Waals surface area contributed by atoms with Gasteiger partial charge in [0.1, 0.15) is 0 Å². The molecular formula is C13H18O. The van der Waals surface area contributed by atoms with E-state index >= 15 is 0 Å². The summed E-state index contributed by atoms with van der Waals surface area (Å²) in [6.45, 7) is 2.11. The summed E-state index contributed by atoms with van der Waals surface area (Å²) >= 11 is 0. The van der Waals surface area contributed by atoms with Crippen LogP contribution in [0.4, 0.5) is 0 Å².